The standard InChI is InChI=1S/C13H18N2O2/c1-9-2-3-11(8-14-9)13(17)15-12(6-7-16)10-4-5-10/h2-3,8,10,12,16H,4-7H2,1H3,(H,15,17). The summed E-state index contributed by atoms with van der Waals surface area (Å²) in [5, 5.41) is 11.9. The van der Waals surface area contributed by atoms with E-state index >= 15 is 0 Å². The van der Waals surface area contributed by atoms with E-state index in [2.05, 4.69) is 10.3 Å². The highest BCUT2D eigenvalue weighted by atomic mass is 16.3. The van der Waals surface area contributed by atoms with Gasteiger partial charge < -0.3 is 10.4 Å². The molecule has 1 heterocycles. The van der Waals surface area contributed by atoms with Crippen LogP contribution < -0.4 is 5.32 Å². The molecule has 1 aromatic heterocycles. The molecule has 0 saturated heterocycles. The summed E-state index contributed by atoms with van der Waals surface area (Å²) >= 11 is 0. The summed E-state index contributed by atoms with van der Waals surface area (Å²) in [6.45, 7) is 2.01. The first-order chi connectivity index (χ1) is 8.20. The third kappa shape index (κ3) is 3.27. The average molecular weight is 234 g/mol. The first-order valence-electron chi connectivity index (χ1n) is 6.05. The van der Waals surface area contributed by atoms with Crippen LogP contribution in [0.25, 0.3) is 0 Å². The summed E-state index contributed by atoms with van der Waals surface area (Å²) in [5.41, 5.74) is 1.48. The van der Waals surface area contributed by atoms with Gasteiger partial charge in [-0.05, 0) is 44.2 Å². The Morgan fingerprint density at radius 2 is 2.35 bits per heavy atom. The number of hydrogen-bond donors (Lipinski definition) is 2. The lowest BCUT2D eigenvalue weighted by Crippen LogP contribution is -2.37. The Balaban J connectivity index is 1.97. The quantitative estimate of drug-likeness (QED) is 0.806. The van der Waals surface area contributed by atoms with Crippen LogP contribution >= 0.6 is 0 Å². The normalized spacial score (nSPS) is 16.6. The fourth-order valence-corrected chi connectivity index (χ4v) is 1.92. The van der Waals surface area contributed by atoms with Crippen molar-refractivity contribution < 1.29 is 9.90 Å². The second-order valence-electron chi connectivity index (χ2n) is 4.62. The van der Waals surface area contributed by atoms with Gasteiger partial charge in [0.1, 0.15) is 0 Å². The van der Waals surface area contributed by atoms with E-state index in [4.69, 9.17) is 5.11 Å². The molecule has 1 aromatic rings. The molecule has 1 fully saturated rings. The molecule has 0 bridgehead atoms. The third-order valence-electron chi connectivity index (χ3n) is 3.12. The van der Waals surface area contributed by atoms with E-state index in [-0.39, 0.29) is 18.6 Å². The number of amides is 1. The number of aliphatic hydroxyl groups excluding tert-OH is 1. The lowest BCUT2D eigenvalue weighted by atomic mass is 10.1. The maximum absolute atomic E-state index is 11.9. The van der Waals surface area contributed by atoms with Crippen LogP contribution in [0.2, 0.25) is 0 Å². The highest BCUT2D eigenvalue weighted by molar-refractivity contribution is 5.94. The molecule has 0 spiro atoms. The van der Waals surface area contributed by atoms with Crippen molar-refractivity contribution in [3.8, 4) is 0 Å². The highest BCUT2D eigenvalue weighted by Gasteiger charge is 2.31. The van der Waals surface area contributed by atoms with E-state index in [1.54, 1.807) is 12.3 Å². The van der Waals surface area contributed by atoms with Crippen LogP contribution in [0.1, 0.15) is 35.3 Å². The number of carbonyl (C=O) groups is 1. The predicted molar refractivity (Wildman–Crippen MR) is 64.7 cm³/mol. The molecule has 1 atom stereocenters. The molecule has 2 rings (SSSR count). The predicted octanol–water partition coefficient (Wildman–Crippen LogP) is 1.28. The molecule has 1 aliphatic rings. The zero-order chi connectivity index (χ0) is 12.3. The molecular formula is C13H18N2O2. The van der Waals surface area contributed by atoms with Crippen molar-refractivity contribution >= 4 is 5.91 Å². The summed E-state index contributed by atoms with van der Waals surface area (Å²) in [6, 6.07) is 3.71. The van der Waals surface area contributed by atoms with Gasteiger partial charge >= 0.3 is 0 Å². The molecule has 0 aromatic carbocycles. The minimum atomic E-state index is -0.0946. The summed E-state index contributed by atoms with van der Waals surface area (Å²) < 4.78 is 0. The number of carbonyl (C=O) groups excluding carboxylic acids is 1. The molecular weight excluding hydrogens is 216 g/mol. The molecule has 1 saturated carbocycles. The number of aryl methyl sites for hydroxylation is 1. The van der Waals surface area contributed by atoms with Crippen LogP contribution in [0.5, 0.6) is 0 Å². The topological polar surface area (TPSA) is 62.2 Å². The number of nitrogens with one attached hydrogen (secondary N) is 1. The second-order valence-corrected chi connectivity index (χ2v) is 4.62. The molecule has 4 heteroatoms. The smallest absolute Gasteiger partial charge is 0.253 e. The molecule has 4 nitrogen and oxygen atoms in total. The van der Waals surface area contributed by atoms with Crippen LogP contribution in [0.3, 0.4) is 0 Å². The minimum Gasteiger partial charge on any atom is -0.396 e. The monoisotopic (exact) mass is 234 g/mol. The van der Waals surface area contributed by atoms with Gasteiger partial charge in [0.05, 0.1) is 5.56 Å². The number of hydrogen-bond acceptors (Lipinski definition) is 3. The minimum absolute atomic E-state index is 0.0946. The second kappa shape index (κ2) is 5.27. The molecule has 0 aliphatic heterocycles. The van der Waals surface area contributed by atoms with Gasteiger partial charge in [-0.15, -0.1) is 0 Å². The summed E-state index contributed by atoms with van der Waals surface area (Å²) in [6.07, 6.45) is 4.53. The molecule has 0 radical (unpaired) electrons. The maximum Gasteiger partial charge on any atom is 0.253 e. The molecule has 2 N–H and O–H groups in total. The number of aliphatic hydroxyl groups is 1. The van der Waals surface area contributed by atoms with Crippen molar-refractivity contribution in [2.75, 3.05) is 6.61 Å². The van der Waals surface area contributed by atoms with Crippen LogP contribution in [0, 0.1) is 12.8 Å². The number of nitrogens with zero attached hydrogens (tertiary/aromatic N) is 1. The lowest BCUT2D eigenvalue weighted by molar-refractivity contribution is 0.0924. The Morgan fingerprint density at radius 1 is 1.59 bits per heavy atom. The van der Waals surface area contributed by atoms with Gasteiger partial charge in [0.2, 0.25) is 0 Å². The third-order valence-corrected chi connectivity index (χ3v) is 3.12. The zero-order valence-corrected chi connectivity index (χ0v) is 10.0. The fraction of sp³-hybridized carbons (Fsp3) is 0.538. The van der Waals surface area contributed by atoms with Crippen molar-refractivity contribution in [1.82, 2.24) is 10.3 Å². The van der Waals surface area contributed by atoms with E-state index < -0.39 is 0 Å². The molecule has 1 amide bonds. The Kier molecular flexibility index (Phi) is 3.74. The van der Waals surface area contributed by atoms with Crippen molar-refractivity contribution in [2.45, 2.75) is 32.2 Å². The SMILES string of the molecule is Cc1ccc(C(=O)NC(CCO)C2CC2)cn1. The van der Waals surface area contributed by atoms with Gasteiger partial charge in [-0.3, -0.25) is 9.78 Å². The Hall–Kier alpha value is -1.42. The van der Waals surface area contributed by atoms with Crippen molar-refractivity contribution in [1.29, 1.82) is 0 Å². The summed E-state index contributed by atoms with van der Waals surface area (Å²) in [7, 11) is 0. The van der Waals surface area contributed by atoms with Crippen LogP contribution in [-0.2, 0) is 0 Å². The van der Waals surface area contributed by atoms with Crippen LogP contribution in [0.4, 0.5) is 0 Å². The number of pyridine rings is 1. The zero-order valence-electron chi connectivity index (χ0n) is 10.0. The fourth-order valence-electron chi connectivity index (χ4n) is 1.92. The van der Waals surface area contributed by atoms with E-state index in [9.17, 15) is 4.79 Å². The Bertz CT molecular complexity index is 385. The summed E-state index contributed by atoms with van der Waals surface area (Å²) in [5.74, 6) is 0.451. The number of rotatable bonds is 5. The lowest BCUT2D eigenvalue weighted by Gasteiger charge is -2.16. The summed E-state index contributed by atoms with van der Waals surface area (Å²) in [4.78, 5) is 16.0. The Labute approximate surface area is 101 Å². The molecule has 92 valence electrons. The molecule has 17 heavy (non-hydrogen) atoms. The van der Waals surface area contributed by atoms with Crippen LogP contribution in [0.15, 0.2) is 18.3 Å². The first-order valence-corrected chi connectivity index (χ1v) is 6.05. The van der Waals surface area contributed by atoms with E-state index in [1.165, 1.54) is 0 Å². The van der Waals surface area contributed by atoms with Gasteiger partial charge in [0, 0.05) is 24.5 Å². The van der Waals surface area contributed by atoms with Crippen molar-refractivity contribution in [3.63, 3.8) is 0 Å². The Morgan fingerprint density at radius 3 is 2.88 bits per heavy atom. The van der Waals surface area contributed by atoms with Gasteiger partial charge in [-0.2, -0.15) is 0 Å². The van der Waals surface area contributed by atoms with Crippen LogP contribution in [-0.4, -0.2) is 28.6 Å². The van der Waals surface area contributed by atoms with Crippen molar-refractivity contribution in [3.05, 3.63) is 29.6 Å². The maximum atomic E-state index is 11.9. The first kappa shape index (κ1) is 12.0. The van der Waals surface area contributed by atoms with Gasteiger partial charge in [0.15, 0.2) is 0 Å². The van der Waals surface area contributed by atoms with Gasteiger partial charge in [0.25, 0.3) is 5.91 Å². The van der Waals surface area contributed by atoms with Crippen molar-refractivity contribution in [2.24, 2.45) is 5.92 Å². The largest absolute Gasteiger partial charge is 0.396 e. The highest BCUT2D eigenvalue weighted by Crippen LogP contribution is 2.34. The van der Waals surface area contributed by atoms with E-state index in [0.29, 0.717) is 17.9 Å². The van der Waals surface area contributed by atoms with Gasteiger partial charge in [-0.1, -0.05) is 0 Å². The molecule has 1 unspecified atom stereocenters. The average Bonchev–Trinajstić information content (AvgIpc) is 3.13. The molecule has 1 aliphatic carbocycles. The number of aromatic nitrogens is 1. The van der Waals surface area contributed by atoms with Gasteiger partial charge in [-0.25, -0.2) is 0 Å². The van der Waals surface area contributed by atoms with E-state index in [1.807, 2.05) is 13.0 Å². The van der Waals surface area contributed by atoms with E-state index in [0.717, 1.165) is 18.5 Å².